The maximum absolute atomic E-state index is 12.4. The summed E-state index contributed by atoms with van der Waals surface area (Å²) >= 11 is 1.41. The molecule has 1 atom stereocenters. The molecule has 1 unspecified atom stereocenters. The Bertz CT molecular complexity index is 939. The van der Waals surface area contributed by atoms with Crippen molar-refractivity contribution in [3.05, 3.63) is 53.3 Å². The lowest BCUT2D eigenvalue weighted by atomic mass is 10.0. The molecule has 0 aromatic carbocycles. The first-order valence-electron chi connectivity index (χ1n) is 8.56. The fraction of sp³-hybridized carbons (Fsp3) is 0.278. The lowest BCUT2D eigenvalue weighted by Crippen LogP contribution is -2.26. The Hall–Kier alpha value is -3.07. The molecule has 1 N–H and O–H groups in total. The highest BCUT2D eigenvalue weighted by atomic mass is 32.1. The number of likely N-dealkylation sites (tertiary alicyclic amines) is 1. The molecule has 9 heteroatoms. The Balaban J connectivity index is 1.43. The molecule has 8 nitrogen and oxygen atoms in total. The number of nitrogens with one attached hydrogen (secondary N) is 1. The molecular formula is C18H18N6O2S. The molecule has 0 spiro atoms. The first kappa shape index (κ1) is 17.3. The van der Waals surface area contributed by atoms with E-state index >= 15 is 0 Å². The fourth-order valence-corrected chi connectivity index (χ4v) is 3.50. The zero-order chi connectivity index (χ0) is 18.6. The number of aryl methyl sites for hydroxylation is 1. The third-order valence-electron chi connectivity index (χ3n) is 4.30. The zero-order valence-electron chi connectivity index (χ0n) is 14.7. The van der Waals surface area contributed by atoms with Crippen molar-refractivity contribution in [2.75, 3.05) is 18.4 Å². The normalized spacial score (nSPS) is 16.9. The van der Waals surface area contributed by atoms with Crippen LogP contribution in [0.25, 0.3) is 6.08 Å². The topological polar surface area (TPSA) is 97.0 Å². The van der Waals surface area contributed by atoms with Gasteiger partial charge in [0.2, 0.25) is 11.0 Å². The number of furan rings is 1. The third kappa shape index (κ3) is 4.20. The smallest absolute Gasteiger partial charge is 0.246 e. The highest BCUT2D eigenvalue weighted by molar-refractivity contribution is 7.13. The second kappa shape index (κ2) is 7.67. The van der Waals surface area contributed by atoms with Crippen LogP contribution in [0, 0.1) is 6.92 Å². The van der Waals surface area contributed by atoms with Gasteiger partial charge in [-0.1, -0.05) is 11.3 Å². The molecular weight excluding hydrogens is 364 g/mol. The molecule has 4 rings (SSSR count). The largest absolute Gasteiger partial charge is 0.465 e. The van der Waals surface area contributed by atoms with E-state index in [1.165, 1.54) is 11.3 Å². The summed E-state index contributed by atoms with van der Waals surface area (Å²) in [6.45, 7) is 3.20. The van der Waals surface area contributed by atoms with E-state index in [1.54, 1.807) is 30.0 Å². The summed E-state index contributed by atoms with van der Waals surface area (Å²) < 4.78 is 5.22. The molecule has 1 saturated heterocycles. The van der Waals surface area contributed by atoms with Crippen LogP contribution >= 0.6 is 11.3 Å². The van der Waals surface area contributed by atoms with Gasteiger partial charge in [-0.05, 0) is 31.6 Å². The molecule has 0 bridgehead atoms. The molecule has 3 aromatic rings. The zero-order valence-corrected chi connectivity index (χ0v) is 15.5. The molecule has 0 radical (unpaired) electrons. The SMILES string of the molecule is Cc1nc(Nc2nncs2)cc(C2CCN(C(=O)C=Cc3ccco3)C2)n1. The molecule has 27 heavy (non-hydrogen) atoms. The number of hydrogen-bond donors (Lipinski definition) is 1. The van der Waals surface area contributed by atoms with Gasteiger partial charge in [-0.15, -0.1) is 10.2 Å². The van der Waals surface area contributed by atoms with Crippen molar-refractivity contribution in [2.24, 2.45) is 0 Å². The van der Waals surface area contributed by atoms with Gasteiger partial charge in [-0.3, -0.25) is 4.79 Å². The Morgan fingerprint density at radius 2 is 2.37 bits per heavy atom. The first-order chi connectivity index (χ1) is 13.2. The van der Waals surface area contributed by atoms with Gasteiger partial charge >= 0.3 is 0 Å². The molecule has 4 heterocycles. The predicted molar refractivity (Wildman–Crippen MR) is 102 cm³/mol. The highest BCUT2D eigenvalue weighted by Gasteiger charge is 2.27. The van der Waals surface area contributed by atoms with Gasteiger partial charge in [0.25, 0.3) is 0 Å². The van der Waals surface area contributed by atoms with Crippen molar-refractivity contribution in [2.45, 2.75) is 19.3 Å². The summed E-state index contributed by atoms with van der Waals surface area (Å²) in [5.74, 6) is 2.20. The van der Waals surface area contributed by atoms with Gasteiger partial charge in [0.05, 0.1) is 12.0 Å². The number of anilines is 2. The van der Waals surface area contributed by atoms with Gasteiger partial charge in [0.1, 0.15) is 22.9 Å². The van der Waals surface area contributed by atoms with E-state index in [9.17, 15) is 4.79 Å². The van der Waals surface area contributed by atoms with Crippen LogP contribution in [0.3, 0.4) is 0 Å². The summed E-state index contributed by atoms with van der Waals surface area (Å²) in [5.41, 5.74) is 2.59. The Morgan fingerprint density at radius 1 is 1.44 bits per heavy atom. The van der Waals surface area contributed by atoms with Gasteiger partial charge in [-0.25, -0.2) is 9.97 Å². The van der Waals surface area contributed by atoms with Crippen molar-refractivity contribution >= 4 is 34.3 Å². The molecule has 1 aliphatic rings. The summed E-state index contributed by atoms with van der Waals surface area (Å²) in [5, 5.41) is 11.6. The van der Waals surface area contributed by atoms with Gasteiger partial charge in [0, 0.05) is 31.1 Å². The Morgan fingerprint density at radius 3 is 3.15 bits per heavy atom. The lowest BCUT2D eigenvalue weighted by Gasteiger charge is -2.15. The summed E-state index contributed by atoms with van der Waals surface area (Å²) in [6, 6.07) is 5.53. The van der Waals surface area contributed by atoms with Gasteiger partial charge < -0.3 is 14.6 Å². The number of nitrogens with zero attached hydrogens (tertiary/aromatic N) is 5. The van der Waals surface area contributed by atoms with Crippen LogP contribution < -0.4 is 5.32 Å². The average molecular weight is 382 g/mol. The third-order valence-corrected chi connectivity index (χ3v) is 4.91. The number of carbonyl (C=O) groups is 1. The van der Waals surface area contributed by atoms with Crippen molar-refractivity contribution in [1.29, 1.82) is 0 Å². The monoisotopic (exact) mass is 382 g/mol. The van der Waals surface area contributed by atoms with Crippen LogP contribution in [0.15, 0.2) is 40.5 Å². The van der Waals surface area contributed by atoms with Crippen LogP contribution in [0.1, 0.15) is 29.6 Å². The van der Waals surface area contributed by atoms with Crippen molar-refractivity contribution in [3.63, 3.8) is 0 Å². The van der Waals surface area contributed by atoms with Crippen LogP contribution in [0.2, 0.25) is 0 Å². The predicted octanol–water partition coefficient (Wildman–Crippen LogP) is 3.00. The number of rotatable bonds is 5. The maximum Gasteiger partial charge on any atom is 0.246 e. The summed E-state index contributed by atoms with van der Waals surface area (Å²) in [4.78, 5) is 23.2. The standard InChI is InChI=1S/C18H18N6O2S/c1-12-20-15(9-16(21-12)22-18-23-19-11-27-18)13-6-7-24(10-13)17(25)5-4-14-3-2-8-26-14/h2-5,8-9,11,13H,6-7,10H2,1H3,(H,20,21,22,23). The summed E-state index contributed by atoms with van der Waals surface area (Å²) in [7, 11) is 0. The van der Waals surface area contributed by atoms with E-state index in [0.29, 0.717) is 35.6 Å². The molecule has 1 amide bonds. The van der Waals surface area contributed by atoms with E-state index in [-0.39, 0.29) is 11.8 Å². The number of carbonyl (C=O) groups excluding carboxylic acids is 1. The van der Waals surface area contributed by atoms with Crippen molar-refractivity contribution in [3.8, 4) is 0 Å². The Kier molecular flexibility index (Phi) is 4.93. The van der Waals surface area contributed by atoms with E-state index in [4.69, 9.17) is 4.42 Å². The van der Waals surface area contributed by atoms with E-state index in [2.05, 4.69) is 25.5 Å². The van der Waals surface area contributed by atoms with Crippen LogP contribution in [-0.2, 0) is 4.79 Å². The maximum atomic E-state index is 12.4. The van der Waals surface area contributed by atoms with Crippen LogP contribution in [0.4, 0.5) is 10.9 Å². The fourth-order valence-electron chi connectivity index (χ4n) is 3.05. The lowest BCUT2D eigenvalue weighted by molar-refractivity contribution is -0.124. The highest BCUT2D eigenvalue weighted by Crippen LogP contribution is 2.28. The minimum atomic E-state index is -0.0214. The van der Waals surface area contributed by atoms with E-state index in [1.807, 2.05) is 24.0 Å². The molecule has 138 valence electrons. The first-order valence-corrected chi connectivity index (χ1v) is 9.44. The number of aromatic nitrogens is 4. The van der Waals surface area contributed by atoms with Gasteiger partial charge in [-0.2, -0.15) is 0 Å². The number of amides is 1. The molecule has 1 aliphatic heterocycles. The van der Waals surface area contributed by atoms with E-state index < -0.39 is 0 Å². The van der Waals surface area contributed by atoms with Crippen LogP contribution in [-0.4, -0.2) is 44.1 Å². The second-order valence-corrected chi connectivity index (χ2v) is 7.05. The molecule has 3 aromatic heterocycles. The minimum absolute atomic E-state index is 0.0214. The second-order valence-electron chi connectivity index (χ2n) is 6.21. The molecule has 1 fully saturated rings. The molecule has 0 saturated carbocycles. The Labute approximate surface area is 160 Å². The van der Waals surface area contributed by atoms with Crippen LogP contribution in [0.5, 0.6) is 0 Å². The van der Waals surface area contributed by atoms with Gasteiger partial charge in [0.15, 0.2) is 0 Å². The van der Waals surface area contributed by atoms with E-state index in [0.717, 1.165) is 12.1 Å². The average Bonchev–Trinajstić information content (AvgIpc) is 3.40. The number of hydrogen-bond acceptors (Lipinski definition) is 8. The van der Waals surface area contributed by atoms with Crippen molar-refractivity contribution < 1.29 is 9.21 Å². The minimum Gasteiger partial charge on any atom is -0.465 e. The summed E-state index contributed by atoms with van der Waals surface area (Å²) in [6.07, 6.45) is 5.69. The molecule has 0 aliphatic carbocycles. The quantitative estimate of drug-likeness (QED) is 0.678. The van der Waals surface area contributed by atoms with Crippen molar-refractivity contribution in [1.82, 2.24) is 25.1 Å².